The van der Waals surface area contributed by atoms with Gasteiger partial charge in [-0.1, -0.05) is 24.3 Å². The van der Waals surface area contributed by atoms with Crippen molar-refractivity contribution in [3.63, 3.8) is 0 Å². The van der Waals surface area contributed by atoms with Gasteiger partial charge in [-0.2, -0.15) is 12.7 Å². The van der Waals surface area contributed by atoms with Gasteiger partial charge in [-0.05, 0) is 78.8 Å². The number of imide groups is 1. The van der Waals surface area contributed by atoms with Crippen molar-refractivity contribution in [1.82, 2.24) is 29.4 Å². The zero-order chi connectivity index (χ0) is 45.4. The molecule has 0 bridgehead atoms. The van der Waals surface area contributed by atoms with E-state index in [1.54, 1.807) is 18.3 Å². The normalized spacial score (nSPS) is 21.4. The highest BCUT2D eigenvalue weighted by Gasteiger charge is 2.51. The number of fused-ring (bicyclic) bond motifs is 2. The molecule has 5 aromatic rings. The number of carbonyl (C=O) groups excluding carboxylic acids is 4. The molecule has 1 spiro atoms. The number of aliphatic hydroxyl groups excluding tert-OH is 1. The minimum atomic E-state index is -4.36. The first-order valence-corrected chi connectivity index (χ1v) is 23.0. The van der Waals surface area contributed by atoms with Gasteiger partial charge in [0.25, 0.3) is 5.91 Å². The summed E-state index contributed by atoms with van der Waals surface area (Å²) in [5.41, 5.74) is 3.75. The van der Waals surface area contributed by atoms with Gasteiger partial charge in [0.05, 0.1) is 17.4 Å². The van der Waals surface area contributed by atoms with E-state index in [9.17, 15) is 37.1 Å². The number of anilines is 2. The molecule has 0 aliphatic carbocycles. The molecule has 3 atom stereocenters. The number of alkyl halides is 1. The number of benzene rings is 3. The van der Waals surface area contributed by atoms with E-state index in [-0.39, 0.29) is 42.2 Å². The van der Waals surface area contributed by atoms with Gasteiger partial charge in [0.15, 0.2) is 5.82 Å². The number of ketones is 1. The molecule has 5 aliphatic rings. The number of hydrogen-bond acceptors (Lipinski definition) is 10. The Labute approximate surface area is 371 Å². The van der Waals surface area contributed by atoms with E-state index in [2.05, 4.69) is 25.1 Å². The second-order valence-corrected chi connectivity index (χ2v) is 19.6. The lowest BCUT2D eigenvalue weighted by molar-refractivity contribution is -0.136. The van der Waals surface area contributed by atoms with Crippen molar-refractivity contribution in [2.24, 2.45) is 5.41 Å². The Kier molecular flexibility index (Phi) is 10.8. The molecule has 4 saturated heterocycles. The lowest BCUT2D eigenvalue weighted by Crippen LogP contribution is -2.72. The van der Waals surface area contributed by atoms with Gasteiger partial charge in [-0.25, -0.2) is 18.2 Å². The average molecular weight is 911 g/mol. The molecule has 4 fully saturated rings. The predicted molar refractivity (Wildman–Crippen MR) is 233 cm³/mol. The summed E-state index contributed by atoms with van der Waals surface area (Å²) in [4.78, 5) is 64.1. The standard InChI is InChI=1S/C46H45F3N8O7S/c47-30-13-14-56(20-30)65(63,64)53-37-10-9-36(48)40(41(37)49)42(60)35-18-51-43-34(35)16-28(17-50-43)27-3-5-31(6-4-27)55-24-46(25-55)22-54(23-46)21-32(58)7-1-26-2-8-33-29(15-26)19-57(45(33)62)38-11-12-39(59)52-44(38)61/h2-6,8-10,15-18,30,32,38,53,58H,1,7,11-14,19-25H2,(H,50,51)(H,52,59,61)/t30-,32+,38?/m1/s1. The fraction of sp³-hybridized carbons (Fsp3) is 0.370. The minimum absolute atomic E-state index is 0.00233. The number of likely N-dealkylation sites (tertiary alicyclic amines) is 1. The second kappa shape index (κ2) is 16.4. The number of halogens is 3. The summed E-state index contributed by atoms with van der Waals surface area (Å²) in [6, 6.07) is 16.3. The fourth-order valence-electron chi connectivity index (χ4n) is 9.98. The Bertz CT molecular complexity index is 2880. The van der Waals surface area contributed by atoms with Crippen molar-refractivity contribution in [3.05, 3.63) is 113 Å². The Balaban J connectivity index is 0.720. The molecule has 3 amide bonds. The average Bonchev–Trinajstić information content (AvgIpc) is 3.98. The number of H-pyrrole nitrogens is 1. The fourth-order valence-corrected chi connectivity index (χ4v) is 11.2. The van der Waals surface area contributed by atoms with E-state index in [0.29, 0.717) is 54.5 Å². The molecule has 2 aromatic heterocycles. The van der Waals surface area contributed by atoms with Crippen LogP contribution in [0.15, 0.2) is 73.1 Å². The zero-order valence-corrected chi connectivity index (χ0v) is 35.8. The number of piperidine rings is 1. The van der Waals surface area contributed by atoms with Crippen LogP contribution in [0.1, 0.15) is 63.1 Å². The number of hydrogen-bond donors (Lipinski definition) is 4. The van der Waals surface area contributed by atoms with Crippen molar-refractivity contribution in [2.45, 2.75) is 57.0 Å². The third-order valence-electron chi connectivity index (χ3n) is 13.3. The molecule has 0 saturated carbocycles. The number of amides is 3. The quantitative estimate of drug-likeness (QED) is 0.0980. The maximum absolute atomic E-state index is 15.7. The molecule has 10 rings (SSSR count). The van der Waals surface area contributed by atoms with Crippen LogP contribution in [0.4, 0.5) is 24.5 Å². The largest absolute Gasteiger partial charge is 0.392 e. The molecule has 65 heavy (non-hydrogen) atoms. The number of aliphatic hydroxyl groups is 1. The number of aromatic amines is 1. The summed E-state index contributed by atoms with van der Waals surface area (Å²) in [7, 11) is -4.36. The molecular weight excluding hydrogens is 866 g/mol. The SMILES string of the molecule is O=C1CCC(N2Cc3cc(CC[C@H](O)CN4CC5(C4)CN(c4ccc(-c6cnc7[nH]cc(C(=O)c8c(F)ccc(NS(=O)(=O)N9CC[C@@H](F)C9)c8F)c7c6)cc4)C5)ccc3C2=O)C(=O)N1. The summed E-state index contributed by atoms with van der Waals surface area (Å²) in [5.74, 6) is -4.55. The number of pyridine rings is 1. The van der Waals surface area contributed by atoms with Gasteiger partial charge in [-0.3, -0.25) is 34.1 Å². The zero-order valence-electron chi connectivity index (χ0n) is 35.0. The van der Waals surface area contributed by atoms with E-state index < -0.39 is 69.6 Å². The van der Waals surface area contributed by atoms with Gasteiger partial charge in [0.2, 0.25) is 17.6 Å². The molecular formula is C46H45F3N8O7S. The number of nitrogens with one attached hydrogen (secondary N) is 3. The monoisotopic (exact) mass is 910 g/mol. The van der Waals surface area contributed by atoms with Gasteiger partial charge in [-0.15, -0.1) is 0 Å². The highest BCUT2D eigenvalue weighted by atomic mass is 32.2. The van der Waals surface area contributed by atoms with Gasteiger partial charge in [0, 0.05) is 104 Å². The molecule has 0 radical (unpaired) electrons. The van der Waals surface area contributed by atoms with Crippen molar-refractivity contribution in [3.8, 4) is 11.1 Å². The van der Waals surface area contributed by atoms with Gasteiger partial charge in [0.1, 0.15) is 23.7 Å². The van der Waals surface area contributed by atoms with Crippen LogP contribution >= 0.6 is 0 Å². The van der Waals surface area contributed by atoms with E-state index in [1.807, 2.05) is 41.1 Å². The van der Waals surface area contributed by atoms with Gasteiger partial charge < -0.3 is 19.9 Å². The maximum atomic E-state index is 15.7. The predicted octanol–water partition coefficient (Wildman–Crippen LogP) is 4.32. The summed E-state index contributed by atoms with van der Waals surface area (Å²) in [5, 5.41) is 13.6. The second-order valence-electron chi connectivity index (χ2n) is 17.9. The molecule has 4 N–H and O–H groups in total. The van der Waals surface area contributed by atoms with Crippen LogP contribution in [-0.2, 0) is 32.8 Å². The van der Waals surface area contributed by atoms with E-state index in [1.165, 1.54) is 11.1 Å². The number of aromatic nitrogens is 2. The molecule has 19 heteroatoms. The van der Waals surface area contributed by atoms with Crippen LogP contribution in [0.3, 0.4) is 0 Å². The summed E-state index contributed by atoms with van der Waals surface area (Å²) < 4.78 is 73.0. The third kappa shape index (κ3) is 8.04. The van der Waals surface area contributed by atoms with Crippen LogP contribution in [0, 0.1) is 17.0 Å². The van der Waals surface area contributed by atoms with Crippen molar-refractivity contribution < 1.29 is 45.9 Å². The van der Waals surface area contributed by atoms with Crippen LogP contribution < -0.4 is 14.9 Å². The van der Waals surface area contributed by atoms with Crippen LogP contribution in [0.25, 0.3) is 22.2 Å². The highest BCUT2D eigenvalue weighted by Crippen LogP contribution is 2.42. The number of nitrogens with zero attached hydrogens (tertiary/aromatic N) is 5. The van der Waals surface area contributed by atoms with E-state index in [4.69, 9.17) is 0 Å². The van der Waals surface area contributed by atoms with E-state index in [0.717, 1.165) is 65.0 Å². The Hall–Kier alpha value is -6.15. The lowest BCUT2D eigenvalue weighted by Gasteiger charge is -2.61. The molecule has 7 heterocycles. The third-order valence-corrected chi connectivity index (χ3v) is 14.8. The van der Waals surface area contributed by atoms with Gasteiger partial charge >= 0.3 is 10.2 Å². The van der Waals surface area contributed by atoms with Crippen LogP contribution in [0.5, 0.6) is 0 Å². The number of β-amino-alcohol motifs (C(OH)–C–C–N with tert-alkyl or cyclic N) is 1. The van der Waals surface area contributed by atoms with Crippen molar-refractivity contribution in [2.75, 3.05) is 55.4 Å². The Morgan fingerprint density at radius 2 is 1.77 bits per heavy atom. The topological polar surface area (TPSA) is 188 Å². The molecule has 15 nitrogen and oxygen atoms in total. The van der Waals surface area contributed by atoms with Crippen LogP contribution in [0.2, 0.25) is 0 Å². The minimum Gasteiger partial charge on any atom is -0.392 e. The molecule has 338 valence electrons. The number of carbonyl (C=O) groups is 4. The summed E-state index contributed by atoms with van der Waals surface area (Å²) >= 11 is 0. The molecule has 5 aliphatic heterocycles. The molecule has 3 aromatic carbocycles. The highest BCUT2D eigenvalue weighted by molar-refractivity contribution is 7.90. The first kappa shape index (κ1) is 42.8. The summed E-state index contributed by atoms with van der Waals surface area (Å²) in [6.45, 7) is 3.89. The lowest BCUT2D eigenvalue weighted by atomic mass is 9.72. The summed E-state index contributed by atoms with van der Waals surface area (Å²) in [6.07, 6.45) is 2.78. The maximum Gasteiger partial charge on any atom is 0.301 e. The van der Waals surface area contributed by atoms with Crippen LogP contribution in [-0.4, -0.2) is 125 Å². The van der Waals surface area contributed by atoms with E-state index >= 15 is 8.78 Å². The first-order valence-electron chi connectivity index (χ1n) is 21.6. The number of rotatable bonds is 13. The Morgan fingerprint density at radius 1 is 0.985 bits per heavy atom. The number of aryl methyl sites for hydroxylation is 1. The van der Waals surface area contributed by atoms with Crippen molar-refractivity contribution >= 4 is 56.1 Å². The smallest absolute Gasteiger partial charge is 0.301 e. The first-order chi connectivity index (χ1) is 31.1. The Morgan fingerprint density at radius 3 is 2.51 bits per heavy atom. The molecule has 1 unspecified atom stereocenters. The van der Waals surface area contributed by atoms with Crippen molar-refractivity contribution in [1.29, 1.82) is 0 Å².